The van der Waals surface area contributed by atoms with Crippen molar-refractivity contribution < 1.29 is 14.3 Å². The van der Waals surface area contributed by atoms with Gasteiger partial charge in [0.25, 0.3) is 0 Å². The lowest BCUT2D eigenvalue weighted by atomic mass is 10.2. The minimum atomic E-state index is -0.876. The van der Waals surface area contributed by atoms with Gasteiger partial charge >= 0.3 is 5.97 Å². The number of thiophene rings is 1. The van der Waals surface area contributed by atoms with Crippen LogP contribution < -0.4 is 4.90 Å². The molecule has 0 aliphatic heterocycles. The zero-order chi connectivity index (χ0) is 14.1. The maximum atomic E-state index is 11.4. The van der Waals surface area contributed by atoms with E-state index in [1.807, 2.05) is 29.6 Å². The quantitative estimate of drug-likeness (QED) is 0.796. The van der Waals surface area contributed by atoms with Crippen LogP contribution in [0.4, 0.5) is 10.7 Å². The smallest absolute Gasteiger partial charge is 0.326 e. The van der Waals surface area contributed by atoms with Crippen LogP contribution in [0.15, 0.2) is 46.5 Å². The first-order valence-electron chi connectivity index (χ1n) is 6.05. The van der Waals surface area contributed by atoms with Crippen molar-refractivity contribution in [3.63, 3.8) is 0 Å². The molecule has 0 spiro atoms. The summed E-state index contributed by atoms with van der Waals surface area (Å²) in [4.78, 5) is 17.2. The molecule has 1 N–H and O–H groups in total. The van der Waals surface area contributed by atoms with Gasteiger partial charge in [-0.1, -0.05) is 0 Å². The number of anilines is 2. The van der Waals surface area contributed by atoms with Crippen LogP contribution in [0, 0.1) is 0 Å². The summed E-state index contributed by atoms with van der Waals surface area (Å²) < 4.78 is 5.21. The normalized spacial score (nSPS) is 12.4. The number of fused-ring (bicyclic) bond motifs is 1. The van der Waals surface area contributed by atoms with Gasteiger partial charge in [0.15, 0.2) is 12.0 Å². The Hall–Kier alpha value is -2.34. The Morgan fingerprint density at radius 3 is 3.00 bits per heavy atom. The van der Waals surface area contributed by atoms with Crippen LogP contribution in [0.1, 0.15) is 6.92 Å². The third kappa shape index (κ3) is 2.14. The predicted molar refractivity (Wildman–Crippen MR) is 77.6 cm³/mol. The Morgan fingerprint density at radius 2 is 2.30 bits per heavy atom. The molecular weight excluding hydrogens is 276 g/mol. The SMILES string of the molecule is C[C@@H](C(=O)O)N(c1ccc2ocnc2c1)c1cccs1. The summed E-state index contributed by atoms with van der Waals surface area (Å²) in [6, 6.07) is 8.60. The van der Waals surface area contributed by atoms with Gasteiger partial charge < -0.3 is 14.4 Å². The second-order valence-electron chi connectivity index (χ2n) is 4.34. The summed E-state index contributed by atoms with van der Waals surface area (Å²) in [6.45, 7) is 1.66. The zero-order valence-corrected chi connectivity index (χ0v) is 11.5. The first-order valence-corrected chi connectivity index (χ1v) is 6.93. The molecule has 0 fully saturated rings. The van der Waals surface area contributed by atoms with Gasteiger partial charge in [0, 0.05) is 5.69 Å². The molecular formula is C14H12N2O3S. The summed E-state index contributed by atoms with van der Waals surface area (Å²) in [5.41, 5.74) is 2.17. The van der Waals surface area contributed by atoms with E-state index in [0.717, 1.165) is 10.7 Å². The van der Waals surface area contributed by atoms with Crippen molar-refractivity contribution in [2.45, 2.75) is 13.0 Å². The lowest BCUT2D eigenvalue weighted by Crippen LogP contribution is -2.34. The van der Waals surface area contributed by atoms with Crippen molar-refractivity contribution in [1.29, 1.82) is 0 Å². The van der Waals surface area contributed by atoms with E-state index in [2.05, 4.69) is 4.98 Å². The number of rotatable bonds is 4. The molecule has 1 aromatic carbocycles. The monoisotopic (exact) mass is 288 g/mol. The van der Waals surface area contributed by atoms with E-state index in [9.17, 15) is 9.90 Å². The first kappa shape index (κ1) is 12.7. The fraction of sp³-hybridized carbons (Fsp3) is 0.143. The maximum Gasteiger partial charge on any atom is 0.326 e. The van der Waals surface area contributed by atoms with Gasteiger partial charge in [0.2, 0.25) is 0 Å². The lowest BCUT2D eigenvalue weighted by Gasteiger charge is -2.27. The molecule has 3 rings (SSSR count). The van der Waals surface area contributed by atoms with Crippen molar-refractivity contribution in [2.75, 3.05) is 4.90 Å². The van der Waals surface area contributed by atoms with Crippen molar-refractivity contribution in [3.05, 3.63) is 42.1 Å². The van der Waals surface area contributed by atoms with Gasteiger partial charge in [-0.3, -0.25) is 0 Å². The van der Waals surface area contributed by atoms with Gasteiger partial charge in [0.05, 0.1) is 5.00 Å². The molecule has 0 aliphatic rings. The van der Waals surface area contributed by atoms with E-state index in [4.69, 9.17) is 4.42 Å². The highest BCUT2D eigenvalue weighted by molar-refractivity contribution is 7.14. The highest BCUT2D eigenvalue weighted by atomic mass is 32.1. The second-order valence-corrected chi connectivity index (χ2v) is 5.27. The summed E-state index contributed by atoms with van der Waals surface area (Å²) >= 11 is 1.50. The van der Waals surface area contributed by atoms with Crippen LogP contribution in [0.5, 0.6) is 0 Å². The van der Waals surface area contributed by atoms with E-state index in [-0.39, 0.29) is 0 Å². The average Bonchev–Trinajstić information content (AvgIpc) is 3.08. The molecule has 102 valence electrons. The number of hydrogen-bond acceptors (Lipinski definition) is 5. The number of aromatic nitrogens is 1. The first-order chi connectivity index (χ1) is 9.66. The number of hydrogen-bond donors (Lipinski definition) is 1. The van der Waals surface area contributed by atoms with Crippen LogP contribution >= 0.6 is 11.3 Å². The molecule has 6 heteroatoms. The highest BCUT2D eigenvalue weighted by Crippen LogP contribution is 2.33. The third-order valence-electron chi connectivity index (χ3n) is 3.08. The van der Waals surface area contributed by atoms with Gasteiger partial charge in [-0.25, -0.2) is 9.78 Å². The minimum Gasteiger partial charge on any atom is -0.480 e. The van der Waals surface area contributed by atoms with E-state index in [0.29, 0.717) is 11.1 Å². The van der Waals surface area contributed by atoms with Gasteiger partial charge in [0.1, 0.15) is 11.6 Å². The molecule has 0 saturated carbocycles. The highest BCUT2D eigenvalue weighted by Gasteiger charge is 2.23. The topological polar surface area (TPSA) is 66.6 Å². The van der Waals surface area contributed by atoms with E-state index in [1.165, 1.54) is 17.7 Å². The Kier molecular flexibility index (Phi) is 3.15. The number of nitrogens with zero attached hydrogens (tertiary/aromatic N) is 2. The van der Waals surface area contributed by atoms with E-state index >= 15 is 0 Å². The number of aliphatic carboxylic acids is 1. The molecule has 0 aliphatic carbocycles. The summed E-state index contributed by atoms with van der Waals surface area (Å²) in [5.74, 6) is -0.876. The molecule has 2 aromatic heterocycles. The van der Waals surface area contributed by atoms with Gasteiger partial charge in [-0.05, 0) is 42.6 Å². The molecule has 0 amide bonds. The van der Waals surface area contributed by atoms with Crippen LogP contribution in [-0.2, 0) is 4.79 Å². The summed E-state index contributed by atoms with van der Waals surface area (Å²) in [7, 11) is 0. The number of oxazole rings is 1. The molecule has 3 aromatic rings. The predicted octanol–water partition coefficient (Wildman–Crippen LogP) is 3.50. The Labute approximate surface area is 119 Å². The molecule has 0 unspecified atom stereocenters. The average molecular weight is 288 g/mol. The molecule has 0 saturated heterocycles. The largest absolute Gasteiger partial charge is 0.480 e. The fourth-order valence-electron chi connectivity index (χ4n) is 2.06. The van der Waals surface area contributed by atoms with Crippen LogP contribution in [0.25, 0.3) is 11.1 Å². The molecule has 1 atom stereocenters. The van der Waals surface area contributed by atoms with Crippen LogP contribution in [-0.4, -0.2) is 22.1 Å². The third-order valence-corrected chi connectivity index (χ3v) is 3.95. The minimum absolute atomic E-state index is 0.669. The summed E-state index contributed by atoms with van der Waals surface area (Å²) in [5, 5.41) is 12.1. The van der Waals surface area contributed by atoms with E-state index < -0.39 is 12.0 Å². The zero-order valence-electron chi connectivity index (χ0n) is 10.7. The molecule has 0 bridgehead atoms. The van der Waals surface area contributed by atoms with Crippen molar-refractivity contribution in [1.82, 2.24) is 4.98 Å². The number of carboxylic acid groups (broad SMARTS) is 1. The van der Waals surface area contributed by atoms with Crippen LogP contribution in [0.3, 0.4) is 0 Å². The lowest BCUT2D eigenvalue weighted by molar-refractivity contribution is -0.137. The molecule has 2 heterocycles. The van der Waals surface area contributed by atoms with Crippen molar-refractivity contribution in [3.8, 4) is 0 Å². The van der Waals surface area contributed by atoms with Crippen molar-refractivity contribution in [2.24, 2.45) is 0 Å². The van der Waals surface area contributed by atoms with Crippen molar-refractivity contribution >= 4 is 39.1 Å². The Bertz CT molecular complexity index is 736. The number of carboxylic acids is 1. The second kappa shape index (κ2) is 4.97. The van der Waals surface area contributed by atoms with Gasteiger partial charge in [-0.2, -0.15) is 0 Å². The standard InChI is InChI=1S/C14H12N2O3S/c1-9(14(17)18)16(13-3-2-6-20-13)10-4-5-12-11(7-10)15-8-19-12/h2-9H,1H3,(H,17,18)/t9-/m0/s1. The van der Waals surface area contributed by atoms with Gasteiger partial charge in [-0.15, -0.1) is 11.3 Å². The Balaban J connectivity index is 2.10. The van der Waals surface area contributed by atoms with E-state index in [1.54, 1.807) is 17.9 Å². The molecule has 5 nitrogen and oxygen atoms in total. The molecule has 20 heavy (non-hydrogen) atoms. The number of carbonyl (C=O) groups is 1. The van der Waals surface area contributed by atoms with Crippen LogP contribution in [0.2, 0.25) is 0 Å². The Morgan fingerprint density at radius 1 is 1.45 bits per heavy atom. The fourth-order valence-corrected chi connectivity index (χ4v) is 2.89. The summed E-state index contributed by atoms with van der Waals surface area (Å²) in [6.07, 6.45) is 1.38. The molecule has 0 radical (unpaired) electrons. The maximum absolute atomic E-state index is 11.4. The number of benzene rings is 1.